The fourth-order valence-electron chi connectivity index (χ4n) is 6.76. The fraction of sp³-hybridized carbons (Fsp3) is 0.905. The highest BCUT2D eigenvalue weighted by Crippen LogP contribution is 2.60. The van der Waals surface area contributed by atoms with E-state index in [1.54, 1.807) is 0 Å². The molecule has 2 atom stereocenters. The minimum absolute atomic E-state index is 0.00108. The predicted molar refractivity (Wildman–Crippen MR) is 99.2 cm³/mol. The number of nitrogens with one attached hydrogen (secondary N) is 2. The summed E-state index contributed by atoms with van der Waals surface area (Å²) in [7, 11) is 0. The number of hydrogen-bond donors (Lipinski definition) is 3. The van der Waals surface area contributed by atoms with E-state index in [9.17, 15) is 14.7 Å². The van der Waals surface area contributed by atoms with Gasteiger partial charge in [-0.1, -0.05) is 12.8 Å². The second-order valence-corrected chi connectivity index (χ2v) is 9.60. The maximum atomic E-state index is 12.9. The number of rotatable bonds is 6. The summed E-state index contributed by atoms with van der Waals surface area (Å²) < 4.78 is 0. The largest absolute Gasteiger partial charge is 0.396 e. The minimum Gasteiger partial charge on any atom is -0.396 e. The maximum Gasteiger partial charge on any atom is 0.226 e. The van der Waals surface area contributed by atoms with Crippen LogP contribution in [0.15, 0.2) is 0 Å². The van der Waals surface area contributed by atoms with Gasteiger partial charge >= 0.3 is 0 Å². The lowest BCUT2D eigenvalue weighted by Gasteiger charge is -2.55. The summed E-state index contributed by atoms with van der Waals surface area (Å²) >= 11 is 0. The van der Waals surface area contributed by atoms with E-state index in [-0.39, 0.29) is 35.8 Å². The molecular formula is C21H34N2O3. The van der Waals surface area contributed by atoms with Gasteiger partial charge in [0.15, 0.2) is 0 Å². The number of aliphatic hydroxyl groups is 1. The molecule has 5 saturated carbocycles. The van der Waals surface area contributed by atoms with Gasteiger partial charge in [0.05, 0.1) is 0 Å². The first-order valence-electron chi connectivity index (χ1n) is 10.8. The first-order valence-corrected chi connectivity index (χ1v) is 10.8. The van der Waals surface area contributed by atoms with Gasteiger partial charge in [-0.2, -0.15) is 0 Å². The Labute approximate surface area is 156 Å². The van der Waals surface area contributed by atoms with Crippen LogP contribution in [0.5, 0.6) is 0 Å². The van der Waals surface area contributed by atoms with E-state index in [4.69, 9.17) is 0 Å². The molecule has 146 valence electrons. The molecule has 0 saturated heterocycles. The average Bonchev–Trinajstić information content (AvgIpc) is 2.61. The molecule has 5 rings (SSSR count). The van der Waals surface area contributed by atoms with Crippen LogP contribution in [0.25, 0.3) is 0 Å². The first-order chi connectivity index (χ1) is 12.6. The zero-order valence-electron chi connectivity index (χ0n) is 15.8. The van der Waals surface area contributed by atoms with Crippen molar-refractivity contribution >= 4 is 11.8 Å². The smallest absolute Gasteiger partial charge is 0.226 e. The van der Waals surface area contributed by atoms with Gasteiger partial charge < -0.3 is 15.7 Å². The highest BCUT2D eigenvalue weighted by molar-refractivity contribution is 5.84. The van der Waals surface area contributed by atoms with Crippen LogP contribution in [0, 0.1) is 29.1 Å². The van der Waals surface area contributed by atoms with Crippen LogP contribution in [-0.2, 0) is 9.59 Å². The molecular weight excluding hydrogens is 328 g/mol. The van der Waals surface area contributed by atoms with Gasteiger partial charge in [-0.25, -0.2) is 0 Å². The zero-order valence-corrected chi connectivity index (χ0v) is 15.8. The molecule has 2 amide bonds. The summed E-state index contributed by atoms with van der Waals surface area (Å²) in [4.78, 5) is 25.1. The first kappa shape index (κ1) is 18.3. The van der Waals surface area contributed by atoms with Crippen molar-refractivity contribution in [1.29, 1.82) is 0 Å². The Kier molecular flexibility index (Phi) is 5.27. The van der Waals surface area contributed by atoms with Crippen LogP contribution >= 0.6 is 0 Å². The molecule has 3 N–H and O–H groups in total. The number of carbonyl (C=O) groups is 2. The Balaban J connectivity index is 1.23. The van der Waals surface area contributed by atoms with Gasteiger partial charge in [0.1, 0.15) is 0 Å². The van der Waals surface area contributed by atoms with E-state index >= 15 is 0 Å². The molecule has 5 aliphatic rings. The van der Waals surface area contributed by atoms with Crippen molar-refractivity contribution in [3.05, 3.63) is 0 Å². The maximum absolute atomic E-state index is 12.9. The molecule has 0 spiro atoms. The molecule has 0 aromatic rings. The lowest BCUT2D eigenvalue weighted by atomic mass is 9.49. The molecule has 5 heteroatoms. The third kappa shape index (κ3) is 3.64. The molecule has 0 aromatic carbocycles. The lowest BCUT2D eigenvalue weighted by Crippen LogP contribution is -2.54. The van der Waals surface area contributed by atoms with Gasteiger partial charge in [-0.3, -0.25) is 9.59 Å². The van der Waals surface area contributed by atoms with E-state index < -0.39 is 0 Å². The lowest BCUT2D eigenvalue weighted by molar-refractivity contribution is -0.146. The van der Waals surface area contributed by atoms with Crippen LogP contribution < -0.4 is 10.6 Å². The predicted octanol–water partition coefficient (Wildman–Crippen LogP) is 2.38. The van der Waals surface area contributed by atoms with E-state index in [1.165, 1.54) is 19.3 Å². The summed E-state index contributed by atoms with van der Waals surface area (Å²) in [6.07, 6.45) is 11.7. The summed E-state index contributed by atoms with van der Waals surface area (Å²) in [6, 6.07) is 0.0973. The molecule has 26 heavy (non-hydrogen) atoms. The molecule has 0 aliphatic heterocycles. The summed E-state index contributed by atoms with van der Waals surface area (Å²) in [6.45, 7) is 0.580. The van der Waals surface area contributed by atoms with Crippen LogP contribution in [-0.4, -0.2) is 36.1 Å². The molecule has 5 aliphatic carbocycles. The molecule has 0 aromatic heterocycles. The third-order valence-corrected chi connectivity index (χ3v) is 7.65. The number of amides is 2. The molecule has 5 fully saturated rings. The van der Waals surface area contributed by atoms with Crippen molar-refractivity contribution in [3.8, 4) is 0 Å². The van der Waals surface area contributed by atoms with Gasteiger partial charge in [-0.15, -0.1) is 0 Å². The molecule has 2 unspecified atom stereocenters. The Morgan fingerprint density at radius 1 is 0.962 bits per heavy atom. The highest BCUT2D eigenvalue weighted by Gasteiger charge is 2.54. The number of aliphatic hydroxyl groups excluding tert-OH is 1. The van der Waals surface area contributed by atoms with Crippen LogP contribution in [0.4, 0.5) is 0 Å². The Bertz CT molecular complexity index is 512. The number of hydrogen-bond acceptors (Lipinski definition) is 3. The van der Waals surface area contributed by atoms with E-state index in [1.807, 2.05) is 0 Å². The van der Waals surface area contributed by atoms with Gasteiger partial charge in [-0.05, 0) is 69.1 Å². The monoisotopic (exact) mass is 362 g/mol. The SMILES string of the molecule is O=C(CCNC(=O)C12CC3CC(CC(C3)C1)C2)NC1CCCCC1CO. The Hall–Kier alpha value is -1.10. The molecule has 4 bridgehead atoms. The van der Waals surface area contributed by atoms with Gasteiger partial charge in [0.2, 0.25) is 11.8 Å². The van der Waals surface area contributed by atoms with Crippen molar-refractivity contribution < 1.29 is 14.7 Å². The van der Waals surface area contributed by atoms with Crippen LogP contribution in [0.3, 0.4) is 0 Å². The van der Waals surface area contributed by atoms with Crippen molar-refractivity contribution in [3.63, 3.8) is 0 Å². The van der Waals surface area contributed by atoms with Crippen molar-refractivity contribution in [2.45, 2.75) is 76.7 Å². The van der Waals surface area contributed by atoms with Crippen LogP contribution in [0.1, 0.15) is 70.6 Å². The Morgan fingerprint density at radius 2 is 1.58 bits per heavy atom. The highest BCUT2D eigenvalue weighted by atomic mass is 16.3. The fourth-order valence-corrected chi connectivity index (χ4v) is 6.76. The summed E-state index contributed by atoms with van der Waals surface area (Å²) in [5.41, 5.74) is -0.128. The number of carbonyl (C=O) groups excluding carboxylic acids is 2. The molecule has 5 nitrogen and oxygen atoms in total. The van der Waals surface area contributed by atoms with E-state index in [0.29, 0.717) is 13.0 Å². The topological polar surface area (TPSA) is 78.4 Å². The normalized spacial score (nSPS) is 41.0. The quantitative estimate of drug-likeness (QED) is 0.679. The third-order valence-electron chi connectivity index (χ3n) is 7.65. The second-order valence-electron chi connectivity index (χ2n) is 9.60. The summed E-state index contributed by atoms with van der Waals surface area (Å²) in [5, 5.41) is 15.6. The van der Waals surface area contributed by atoms with Crippen LogP contribution in [0.2, 0.25) is 0 Å². The Morgan fingerprint density at radius 3 is 2.19 bits per heavy atom. The standard InChI is InChI=1S/C21H34N2O3/c24-13-17-3-1-2-4-18(17)23-19(25)5-6-22-20(26)21-10-14-7-15(11-21)9-16(8-14)12-21/h14-18,24H,1-13H2,(H,22,26)(H,23,25). The van der Waals surface area contributed by atoms with Crippen molar-refractivity contribution in [2.75, 3.05) is 13.2 Å². The minimum atomic E-state index is -0.128. The van der Waals surface area contributed by atoms with E-state index in [0.717, 1.165) is 62.7 Å². The zero-order chi connectivity index (χ0) is 18.1. The summed E-state index contributed by atoms with van der Waals surface area (Å²) in [5.74, 6) is 2.68. The van der Waals surface area contributed by atoms with Gasteiger partial charge in [0, 0.05) is 36.9 Å². The average molecular weight is 363 g/mol. The van der Waals surface area contributed by atoms with E-state index in [2.05, 4.69) is 10.6 Å². The van der Waals surface area contributed by atoms with Gasteiger partial charge in [0.25, 0.3) is 0 Å². The van der Waals surface area contributed by atoms with Crippen molar-refractivity contribution in [2.24, 2.45) is 29.1 Å². The molecule has 0 heterocycles. The van der Waals surface area contributed by atoms with Crippen molar-refractivity contribution in [1.82, 2.24) is 10.6 Å². The molecule has 0 radical (unpaired) electrons. The second kappa shape index (κ2) is 7.49.